The van der Waals surface area contributed by atoms with Crippen molar-refractivity contribution in [3.8, 4) is 0 Å². The average Bonchev–Trinajstić information content (AvgIpc) is 2.53. The molecule has 0 spiro atoms. The highest BCUT2D eigenvalue weighted by molar-refractivity contribution is 7.99. The lowest BCUT2D eigenvalue weighted by molar-refractivity contribution is -0.384. The molecule has 10 heteroatoms. The van der Waals surface area contributed by atoms with Gasteiger partial charge < -0.3 is 0 Å². The van der Waals surface area contributed by atoms with Gasteiger partial charge in [-0.15, -0.1) is 0 Å². The second-order valence-electron chi connectivity index (χ2n) is 4.98. The number of aryl methyl sites for hydroxylation is 2. The number of nitro benzene ring substituents is 1. The molecule has 0 aliphatic rings. The van der Waals surface area contributed by atoms with Gasteiger partial charge in [0.15, 0.2) is 5.16 Å². The fraction of sp³-hybridized carbons (Fsp3) is 0.200. The monoisotopic (exact) mass is 379 g/mol. The summed E-state index contributed by atoms with van der Waals surface area (Å²) in [6.45, 7) is 3.71. The molecule has 0 saturated carbocycles. The second-order valence-corrected chi connectivity index (χ2v) is 6.33. The van der Waals surface area contributed by atoms with E-state index in [1.165, 1.54) is 36.2 Å². The number of hydrazone groups is 1. The molecule has 0 aliphatic carbocycles. The molecule has 0 bridgehead atoms. The minimum Gasteiger partial charge on any atom is -0.272 e. The minimum absolute atomic E-state index is 0.0862. The lowest BCUT2D eigenvalue weighted by Crippen LogP contribution is -2.19. The standard InChI is InChI=1S/C15H14ClN5O3S/c1-9-5-10(2)19-15(18-9)25-8-14(22)20-17-7-11-6-12(21(23)24)3-4-13(11)16/h3-7H,8H2,1-2H3,(H,20,22). The van der Waals surface area contributed by atoms with Crippen LogP contribution in [0.4, 0.5) is 5.69 Å². The predicted molar refractivity (Wildman–Crippen MR) is 96.1 cm³/mol. The highest BCUT2D eigenvalue weighted by Gasteiger charge is 2.09. The lowest BCUT2D eigenvalue weighted by Gasteiger charge is -2.02. The number of non-ortho nitro benzene ring substituents is 1. The van der Waals surface area contributed by atoms with Crippen LogP contribution in [0.1, 0.15) is 17.0 Å². The molecule has 1 aromatic heterocycles. The van der Waals surface area contributed by atoms with Gasteiger partial charge in [-0.1, -0.05) is 23.4 Å². The SMILES string of the molecule is Cc1cc(C)nc(SCC(=O)NN=Cc2cc([N+](=O)[O-])ccc2Cl)n1. The van der Waals surface area contributed by atoms with Gasteiger partial charge in [0.25, 0.3) is 11.6 Å². The van der Waals surface area contributed by atoms with Crippen molar-refractivity contribution >= 4 is 41.2 Å². The highest BCUT2D eigenvalue weighted by Crippen LogP contribution is 2.20. The Bertz CT molecular complexity index is 824. The van der Waals surface area contributed by atoms with E-state index < -0.39 is 4.92 Å². The summed E-state index contributed by atoms with van der Waals surface area (Å²) in [5, 5.41) is 15.3. The first-order valence-electron chi connectivity index (χ1n) is 7.06. The zero-order chi connectivity index (χ0) is 18.4. The Morgan fingerprint density at radius 2 is 2.04 bits per heavy atom. The van der Waals surface area contributed by atoms with Gasteiger partial charge in [-0.2, -0.15) is 5.10 Å². The Balaban J connectivity index is 1.92. The lowest BCUT2D eigenvalue weighted by atomic mass is 10.2. The Hall–Kier alpha value is -2.52. The van der Waals surface area contributed by atoms with E-state index in [0.717, 1.165) is 11.4 Å². The molecule has 0 aliphatic heterocycles. The molecule has 1 amide bonds. The molecule has 1 aromatic carbocycles. The Kier molecular flexibility index (Phi) is 6.43. The number of carbonyl (C=O) groups excluding carboxylic acids is 1. The zero-order valence-electron chi connectivity index (χ0n) is 13.4. The zero-order valence-corrected chi connectivity index (χ0v) is 15.0. The van der Waals surface area contributed by atoms with Crippen LogP contribution in [-0.2, 0) is 4.79 Å². The van der Waals surface area contributed by atoms with Crippen molar-refractivity contribution in [1.29, 1.82) is 0 Å². The Morgan fingerprint density at radius 3 is 2.68 bits per heavy atom. The Labute approximate surface area is 152 Å². The fourth-order valence-corrected chi connectivity index (χ4v) is 2.75. The first kappa shape index (κ1) is 18.8. The van der Waals surface area contributed by atoms with E-state index >= 15 is 0 Å². The summed E-state index contributed by atoms with van der Waals surface area (Å²) >= 11 is 7.13. The fourth-order valence-electron chi connectivity index (χ4n) is 1.84. The smallest absolute Gasteiger partial charge is 0.270 e. The van der Waals surface area contributed by atoms with Crippen molar-refractivity contribution < 1.29 is 9.72 Å². The van der Waals surface area contributed by atoms with E-state index in [2.05, 4.69) is 20.5 Å². The van der Waals surface area contributed by atoms with Crippen LogP contribution in [0.5, 0.6) is 0 Å². The van der Waals surface area contributed by atoms with Gasteiger partial charge in [-0.05, 0) is 26.0 Å². The van der Waals surface area contributed by atoms with Crippen molar-refractivity contribution in [3.05, 3.63) is 56.4 Å². The van der Waals surface area contributed by atoms with Gasteiger partial charge in [0, 0.05) is 34.1 Å². The van der Waals surface area contributed by atoms with E-state index in [1.807, 2.05) is 19.9 Å². The van der Waals surface area contributed by atoms with E-state index in [9.17, 15) is 14.9 Å². The number of halogens is 1. The van der Waals surface area contributed by atoms with Crippen LogP contribution in [0, 0.1) is 24.0 Å². The quantitative estimate of drug-likeness (QED) is 0.271. The number of aromatic nitrogens is 2. The van der Waals surface area contributed by atoms with Crippen molar-refractivity contribution in [2.24, 2.45) is 5.10 Å². The van der Waals surface area contributed by atoms with E-state index in [1.54, 1.807) is 0 Å². The second kappa shape index (κ2) is 8.54. The van der Waals surface area contributed by atoms with Crippen molar-refractivity contribution in [2.75, 3.05) is 5.75 Å². The maximum Gasteiger partial charge on any atom is 0.270 e. The van der Waals surface area contributed by atoms with Crippen molar-refractivity contribution in [1.82, 2.24) is 15.4 Å². The molecule has 0 fully saturated rings. The van der Waals surface area contributed by atoms with E-state index in [-0.39, 0.29) is 17.3 Å². The molecule has 1 N–H and O–H groups in total. The van der Waals surface area contributed by atoms with Crippen LogP contribution in [0.25, 0.3) is 0 Å². The predicted octanol–water partition coefficient (Wildman–Crippen LogP) is 2.90. The molecular formula is C15H14ClN5O3S. The van der Waals surface area contributed by atoms with Crippen LogP contribution in [0.2, 0.25) is 5.02 Å². The van der Waals surface area contributed by atoms with Crippen LogP contribution in [0.15, 0.2) is 34.5 Å². The Morgan fingerprint density at radius 1 is 1.36 bits per heavy atom. The first-order chi connectivity index (χ1) is 11.8. The number of amides is 1. The van der Waals surface area contributed by atoms with Gasteiger partial charge in [-0.25, -0.2) is 15.4 Å². The van der Waals surface area contributed by atoms with Crippen LogP contribution in [-0.4, -0.2) is 32.8 Å². The average molecular weight is 380 g/mol. The third-order valence-electron chi connectivity index (χ3n) is 2.88. The summed E-state index contributed by atoms with van der Waals surface area (Å²) in [5.41, 5.74) is 4.21. The van der Waals surface area contributed by atoms with Gasteiger partial charge in [0.05, 0.1) is 16.9 Å². The molecule has 0 saturated heterocycles. The number of thioether (sulfide) groups is 1. The molecular weight excluding hydrogens is 366 g/mol. The van der Waals surface area contributed by atoms with Gasteiger partial charge in [0.2, 0.25) is 0 Å². The molecule has 1 heterocycles. The molecule has 2 aromatic rings. The number of carbonyl (C=O) groups is 1. The summed E-state index contributed by atoms with van der Waals surface area (Å²) in [7, 11) is 0. The van der Waals surface area contributed by atoms with E-state index in [0.29, 0.717) is 15.7 Å². The maximum absolute atomic E-state index is 11.8. The van der Waals surface area contributed by atoms with Crippen LogP contribution >= 0.6 is 23.4 Å². The van der Waals surface area contributed by atoms with Crippen LogP contribution in [0.3, 0.4) is 0 Å². The molecule has 25 heavy (non-hydrogen) atoms. The normalized spacial score (nSPS) is 10.8. The highest BCUT2D eigenvalue weighted by atomic mass is 35.5. The summed E-state index contributed by atoms with van der Waals surface area (Å²) < 4.78 is 0. The topological polar surface area (TPSA) is 110 Å². The number of nitrogens with one attached hydrogen (secondary N) is 1. The number of nitro groups is 1. The van der Waals surface area contributed by atoms with Crippen molar-refractivity contribution in [3.63, 3.8) is 0 Å². The number of rotatable bonds is 6. The largest absolute Gasteiger partial charge is 0.272 e. The minimum atomic E-state index is -0.535. The summed E-state index contributed by atoms with van der Waals surface area (Å²) in [6.07, 6.45) is 1.26. The molecule has 0 unspecified atom stereocenters. The molecule has 0 atom stereocenters. The van der Waals surface area contributed by atoms with Gasteiger partial charge in [-0.3, -0.25) is 14.9 Å². The summed E-state index contributed by atoms with van der Waals surface area (Å²) in [4.78, 5) is 30.5. The van der Waals surface area contributed by atoms with Gasteiger partial charge >= 0.3 is 0 Å². The molecule has 0 radical (unpaired) electrons. The first-order valence-corrected chi connectivity index (χ1v) is 8.42. The van der Waals surface area contributed by atoms with Crippen molar-refractivity contribution in [2.45, 2.75) is 19.0 Å². The third kappa shape index (κ3) is 5.80. The summed E-state index contributed by atoms with van der Waals surface area (Å²) in [5.74, 6) is -0.270. The third-order valence-corrected chi connectivity index (χ3v) is 4.07. The number of hydrogen-bond donors (Lipinski definition) is 1. The number of benzene rings is 1. The summed E-state index contributed by atoms with van der Waals surface area (Å²) in [6, 6.07) is 5.81. The number of hydrogen-bond acceptors (Lipinski definition) is 7. The maximum atomic E-state index is 11.8. The molecule has 8 nitrogen and oxygen atoms in total. The number of nitrogens with zero attached hydrogens (tertiary/aromatic N) is 4. The van der Waals surface area contributed by atoms with Gasteiger partial charge in [0.1, 0.15) is 0 Å². The van der Waals surface area contributed by atoms with E-state index in [4.69, 9.17) is 11.6 Å². The van der Waals surface area contributed by atoms with Crippen LogP contribution < -0.4 is 5.43 Å². The molecule has 2 rings (SSSR count). The molecule has 130 valence electrons.